The number of ether oxygens (including phenoxy) is 2. The Bertz CT molecular complexity index is 416. The Morgan fingerprint density at radius 3 is 2.80 bits per heavy atom. The summed E-state index contributed by atoms with van der Waals surface area (Å²) in [7, 11) is 0. The normalized spacial score (nSPS) is 22.1. The zero-order valence-corrected chi connectivity index (χ0v) is 13.9. The summed E-state index contributed by atoms with van der Waals surface area (Å²) in [5.74, 6) is 0.806. The first-order valence-corrected chi connectivity index (χ1v) is 8.48. The van der Waals surface area contributed by atoms with Crippen molar-refractivity contribution in [1.29, 1.82) is 0 Å². The third-order valence-corrected chi connectivity index (χ3v) is 4.40. The molecule has 3 rings (SSSR count). The van der Waals surface area contributed by atoms with Crippen molar-refractivity contribution < 1.29 is 9.47 Å². The molecule has 20 heavy (non-hydrogen) atoms. The molecule has 0 aromatic carbocycles. The van der Waals surface area contributed by atoms with Crippen molar-refractivity contribution in [3.8, 4) is 0 Å². The minimum atomic E-state index is 0.226. The van der Waals surface area contributed by atoms with E-state index in [9.17, 15) is 0 Å². The Kier molecular flexibility index (Phi) is 5.30. The van der Waals surface area contributed by atoms with E-state index in [0.717, 1.165) is 55.6 Å². The first-order chi connectivity index (χ1) is 9.79. The van der Waals surface area contributed by atoms with E-state index in [1.165, 1.54) is 12.8 Å². The number of morpholine rings is 1. The largest absolute Gasteiger partial charge is 0.379 e. The fraction of sp³-hybridized carbons (Fsp3) is 0.786. The molecule has 1 aromatic heterocycles. The van der Waals surface area contributed by atoms with Crippen LogP contribution in [0.1, 0.15) is 12.8 Å². The van der Waals surface area contributed by atoms with Crippen LogP contribution in [-0.4, -0.2) is 60.2 Å². The highest BCUT2D eigenvalue weighted by Crippen LogP contribution is 2.29. The maximum atomic E-state index is 6.14. The topological polar surface area (TPSA) is 39.5 Å². The van der Waals surface area contributed by atoms with E-state index in [-0.39, 0.29) is 6.10 Å². The molecule has 1 atom stereocenters. The highest BCUT2D eigenvalue weighted by Gasteiger charge is 2.25. The number of halogens is 1. The molecular formula is C14H22IN3O2. The van der Waals surface area contributed by atoms with Gasteiger partial charge in [0, 0.05) is 32.4 Å². The van der Waals surface area contributed by atoms with E-state index >= 15 is 0 Å². The quantitative estimate of drug-likeness (QED) is 0.663. The average Bonchev–Trinajstić information content (AvgIpc) is 3.20. The summed E-state index contributed by atoms with van der Waals surface area (Å²) in [5, 5.41) is 4.47. The summed E-state index contributed by atoms with van der Waals surface area (Å²) in [4.78, 5) is 2.44. The molecule has 2 fully saturated rings. The fourth-order valence-corrected chi connectivity index (χ4v) is 2.88. The van der Waals surface area contributed by atoms with E-state index in [1.54, 1.807) is 0 Å². The van der Waals surface area contributed by atoms with Crippen LogP contribution in [0.5, 0.6) is 0 Å². The lowest BCUT2D eigenvalue weighted by Crippen LogP contribution is -2.43. The fourth-order valence-electron chi connectivity index (χ4n) is 2.44. The smallest absolute Gasteiger partial charge is 0.123 e. The lowest BCUT2D eigenvalue weighted by Gasteiger charge is -2.30. The molecule has 1 aliphatic carbocycles. The van der Waals surface area contributed by atoms with Gasteiger partial charge in [-0.05, 0) is 47.4 Å². The number of aromatic nitrogens is 2. The van der Waals surface area contributed by atoms with Gasteiger partial charge in [-0.3, -0.25) is 9.58 Å². The van der Waals surface area contributed by atoms with Crippen LogP contribution < -0.4 is 0 Å². The Labute approximate surface area is 133 Å². The number of nitrogens with zero attached hydrogens (tertiary/aromatic N) is 3. The highest BCUT2D eigenvalue weighted by molar-refractivity contribution is 14.1. The van der Waals surface area contributed by atoms with Crippen LogP contribution in [0.15, 0.2) is 12.3 Å². The van der Waals surface area contributed by atoms with Crippen LogP contribution in [0.3, 0.4) is 0 Å². The molecule has 0 bridgehead atoms. The predicted molar refractivity (Wildman–Crippen MR) is 84.7 cm³/mol. The monoisotopic (exact) mass is 391 g/mol. The van der Waals surface area contributed by atoms with Gasteiger partial charge in [-0.25, -0.2) is 0 Å². The summed E-state index contributed by atoms with van der Waals surface area (Å²) < 4.78 is 14.6. The maximum absolute atomic E-state index is 6.14. The molecule has 2 heterocycles. The third-order valence-electron chi connectivity index (χ3n) is 3.83. The number of rotatable bonds is 7. The van der Waals surface area contributed by atoms with E-state index in [2.05, 4.69) is 32.6 Å². The minimum Gasteiger partial charge on any atom is -0.379 e. The SMILES string of the molecule is Ic1ccn(CC(CN2CCOCC2)OCC2CC2)n1. The second-order valence-electron chi connectivity index (χ2n) is 5.67. The van der Waals surface area contributed by atoms with Crippen molar-refractivity contribution in [2.75, 3.05) is 39.5 Å². The highest BCUT2D eigenvalue weighted by atomic mass is 127. The Balaban J connectivity index is 1.53. The molecule has 5 nitrogen and oxygen atoms in total. The molecule has 1 aromatic rings. The summed E-state index contributed by atoms with van der Waals surface area (Å²) in [5.41, 5.74) is 0. The van der Waals surface area contributed by atoms with E-state index in [1.807, 2.05) is 16.9 Å². The maximum Gasteiger partial charge on any atom is 0.123 e. The van der Waals surface area contributed by atoms with Crippen molar-refractivity contribution in [2.24, 2.45) is 5.92 Å². The standard InChI is InChI=1S/C14H22IN3O2/c15-14-3-4-18(16-14)10-13(20-11-12-1-2-12)9-17-5-7-19-8-6-17/h3-4,12-13H,1-2,5-11H2. The van der Waals surface area contributed by atoms with Crippen LogP contribution in [0.2, 0.25) is 0 Å². The minimum absolute atomic E-state index is 0.226. The molecule has 0 N–H and O–H groups in total. The lowest BCUT2D eigenvalue weighted by atomic mass is 10.3. The van der Waals surface area contributed by atoms with Crippen molar-refractivity contribution in [3.05, 3.63) is 16.0 Å². The molecule has 1 aliphatic heterocycles. The zero-order chi connectivity index (χ0) is 13.8. The first kappa shape index (κ1) is 14.7. The first-order valence-electron chi connectivity index (χ1n) is 7.40. The van der Waals surface area contributed by atoms with Crippen LogP contribution in [-0.2, 0) is 16.0 Å². The van der Waals surface area contributed by atoms with Gasteiger partial charge in [-0.2, -0.15) is 5.10 Å². The van der Waals surface area contributed by atoms with Gasteiger partial charge in [0.05, 0.1) is 25.9 Å². The van der Waals surface area contributed by atoms with Crippen molar-refractivity contribution in [1.82, 2.24) is 14.7 Å². The van der Waals surface area contributed by atoms with Gasteiger partial charge >= 0.3 is 0 Å². The molecule has 0 amide bonds. The van der Waals surface area contributed by atoms with Crippen molar-refractivity contribution >= 4 is 22.6 Å². The van der Waals surface area contributed by atoms with E-state index in [4.69, 9.17) is 9.47 Å². The molecule has 1 unspecified atom stereocenters. The van der Waals surface area contributed by atoms with Crippen LogP contribution in [0.4, 0.5) is 0 Å². The van der Waals surface area contributed by atoms with Gasteiger partial charge < -0.3 is 9.47 Å². The van der Waals surface area contributed by atoms with Crippen molar-refractivity contribution in [3.63, 3.8) is 0 Å². The Morgan fingerprint density at radius 1 is 1.35 bits per heavy atom. The number of hydrogen-bond donors (Lipinski definition) is 0. The molecule has 1 saturated carbocycles. The second-order valence-corrected chi connectivity index (χ2v) is 6.78. The van der Waals surface area contributed by atoms with Crippen LogP contribution >= 0.6 is 22.6 Å². The van der Waals surface area contributed by atoms with Crippen LogP contribution in [0.25, 0.3) is 0 Å². The van der Waals surface area contributed by atoms with Gasteiger partial charge in [0.15, 0.2) is 0 Å². The predicted octanol–water partition coefficient (Wildman–Crippen LogP) is 1.62. The Morgan fingerprint density at radius 2 is 2.15 bits per heavy atom. The summed E-state index contributed by atoms with van der Waals surface area (Å²) in [6, 6.07) is 2.03. The van der Waals surface area contributed by atoms with Crippen LogP contribution in [0, 0.1) is 9.62 Å². The molecule has 0 spiro atoms. The van der Waals surface area contributed by atoms with Gasteiger partial charge in [-0.1, -0.05) is 0 Å². The Hall–Kier alpha value is -0.180. The van der Waals surface area contributed by atoms with Gasteiger partial charge in [0.2, 0.25) is 0 Å². The van der Waals surface area contributed by atoms with Gasteiger partial charge in [0.1, 0.15) is 3.70 Å². The van der Waals surface area contributed by atoms with Gasteiger partial charge in [-0.15, -0.1) is 0 Å². The summed E-state index contributed by atoms with van der Waals surface area (Å²) >= 11 is 2.25. The van der Waals surface area contributed by atoms with Crippen molar-refractivity contribution in [2.45, 2.75) is 25.5 Å². The van der Waals surface area contributed by atoms with E-state index < -0.39 is 0 Å². The molecule has 2 aliphatic rings. The second kappa shape index (κ2) is 7.20. The molecule has 1 saturated heterocycles. The van der Waals surface area contributed by atoms with E-state index in [0.29, 0.717) is 0 Å². The van der Waals surface area contributed by atoms with Gasteiger partial charge in [0.25, 0.3) is 0 Å². The number of hydrogen-bond acceptors (Lipinski definition) is 4. The summed E-state index contributed by atoms with van der Waals surface area (Å²) in [6.45, 7) is 6.44. The molecule has 0 radical (unpaired) electrons. The lowest BCUT2D eigenvalue weighted by molar-refractivity contribution is -0.0219. The zero-order valence-electron chi connectivity index (χ0n) is 11.7. The molecular weight excluding hydrogens is 369 g/mol. The third kappa shape index (κ3) is 4.68. The molecule has 112 valence electrons. The summed E-state index contributed by atoms with van der Waals surface area (Å²) in [6.07, 6.45) is 4.94. The molecule has 6 heteroatoms. The average molecular weight is 391 g/mol.